The van der Waals surface area contributed by atoms with Gasteiger partial charge >= 0.3 is 101 Å². The molecule has 1 atom stereocenters. The first-order chi connectivity index (χ1) is 7.20. The second-order valence-electron chi connectivity index (χ2n) is 3.77. The summed E-state index contributed by atoms with van der Waals surface area (Å²) >= 11 is -1.04. The van der Waals surface area contributed by atoms with Crippen LogP contribution < -0.4 is 10.1 Å². The molecule has 0 aliphatic heterocycles. The van der Waals surface area contributed by atoms with E-state index in [1.54, 1.807) is 19.9 Å². The zero-order valence-corrected chi connectivity index (χ0v) is 12.1. The van der Waals surface area contributed by atoms with E-state index < -0.39 is 28.5 Å². The Bertz CT molecular complexity index is 500. The van der Waals surface area contributed by atoms with Crippen LogP contribution in [-0.4, -0.2) is 29.3 Å². The summed E-state index contributed by atoms with van der Waals surface area (Å²) in [4.78, 5) is 0. The molecule has 0 spiro atoms. The third-order valence-electron chi connectivity index (χ3n) is 2.07. The Kier molecular flexibility index (Phi) is 4.16. The maximum atomic E-state index is 13.6. The van der Waals surface area contributed by atoms with Crippen molar-refractivity contribution in [3.05, 3.63) is 29.1 Å². The van der Waals surface area contributed by atoms with Gasteiger partial charge in [-0.2, -0.15) is 0 Å². The monoisotopic (exact) mass is 306 g/mol. The van der Waals surface area contributed by atoms with E-state index in [0.29, 0.717) is 9.91 Å². The van der Waals surface area contributed by atoms with Crippen LogP contribution in [0.25, 0.3) is 0 Å². The van der Waals surface area contributed by atoms with Crippen molar-refractivity contribution in [2.24, 2.45) is 5.73 Å². The van der Waals surface area contributed by atoms with Crippen molar-refractivity contribution in [1.29, 1.82) is 0 Å². The Hall–Kier alpha value is -0.382. The molecule has 3 nitrogen and oxygen atoms in total. The van der Waals surface area contributed by atoms with Gasteiger partial charge in [-0.1, -0.05) is 0 Å². The van der Waals surface area contributed by atoms with Crippen molar-refractivity contribution in [2.75, 3.05) is 6.26 Å². The molecule has 0 saturated heterocycles. The average molecular weight is 306 g/mol. The summed E-state index contributed by atoms with van der Waals surface area (Å²) in [6.07, 6.45) is 1.17. The van der Waals surface area contributed by atoms with Crippen LogP contribution in [0.4, 0.5) is 4.39 Å². The Morgan fingerprint density at radius 3 is 2.44 bits per heavy atom. The van der Waals surface area contributed by atoms with Gasteiger partial charge in [0.25, 0.3) is 0 Å². The molecule has 89 valence electrons. The van der Waals surface area contributed by atoms with Crippen LogP contribution >= 0.6 is 0 Å². The number of nitrogens with two attached hydrogens (primary N) is 1. The van der Waals surface area contributed by atoms with Gasteiger partial charge in [0, 0.05) is 0 Å². The average Bonchev–Trinajstić information content (AvgIpc) is 2.07. The minimum absolute atomic E-state index is 0.387. The molecular formula is C10H14AsFNO2S. The molecular weight excluding hydrogens is 292 g/mol. The topological polar surface area (TPSA) is 60.2 Å². The molecule has 0 fully saturated rings. The van der Waals surface area contributed by atoms with E-state index >= 15 is 0 Å². The molecule has 16 heavy (non-hydrogen) atoms. The van der Waals surface area contributed by atoms with E-state index in [2.05, 4.69) is 0 Å². The molecule has 0 aromatic heterocycles. The SMILES string of the molecule is Cc1cc([C@@H](C)N)c(F)cc1[As]S(C)(=O)=O. The van der Waals surface area contributed by atoms with E-state index in [-0.39, 0.29) is 6.04 Å². The van der Waals surface area contributed by atoms with Crippen molar-refractivity contribution >= 4 is 27.0 Å². The zero-order chi connectivity index (χ0) is 12.5. The molecule has 0 aliphatic carbocycles. The van der Waals surface area contributed by atoms with E-state index in [1.165, 1.54) is 12.3 Å². The number of hydrogen-bond acceptors (Lipinski definition) is 3. The fourth-order valence-corrected chi connectivity index (χ4v) is 5.73. The second kappa shape index (κ2) is 4.86. The van der Waals surface area contributed by atoms with E-state index in [9.17, 15) is 12.8 Å². The van der Waals surface area contributed by atoms with Crippen LogP contribution in [0.2, 0.25) is 0 Å². The van der Waals surface area contributed by atoms with Crippen LogP contribution in [0.15, 0.2) is 12.1 Å². The molecule has 1 aromatic carbocycles. The van der Waals surface area contributed by atoms with Gasteiger partial charge in [0.05, 0.1) is 0 Å². The first kappa shape index (κ1) is 13.7. The van der Waals surface area contributed by atoms with Crippen LogP contribution in [0.1, 0.15) is 24.1 Å². The number of rotatable bonds is 3. The first-order valence-electron chi connectivity index (χ1n) is 4.69. The summed E-state index contributed by atoms with van der Waals surface area (Å²) in [5.74, 6) is -0.422. The van der Waals surface area contributed by atoms with E-state index in [0.717, 1.165) is 5.56 Å². The summed E-state index contributed by atoms with van der Waals surface area (Å²) in [5, 5.41) is 0. The fraction of sp³-hybridized carbons (Fsp3) is 0.400. The maximum absolute atomic E-state index is 13.6. The molecule has 0 saturated carbocycles. The summed E-state index contributed by atoms with van der Waals surface area (Å²) in [7, 11) is -3.05. The van der Waals surface area contributed by atoms with Gasteiger partial charge in [-0.05, 0) is 0 Å². The summed E-state index contributed by atoms with van der Waals surface area (Å²) in [5.41, 5.74) is 6.83. The number of halogens is 1. The number of aryl methyl sites for hydroxylation is 1. The van der Waals surface area contributed by atoms with E-state index in [1.807, 2.05) is 0 Å². The molecule has 0 unspecified atom stereocenters. The van der Waals surface area contributed by atoms with Crippen LogP contribution in [0, 0.1) is 12.7 Å². The molecule has 0 aliphatic rings. The molecule has 1 rings (SSSR count). The van der Waals surface area contributed by atoms with Gasteiger partial charge in [-0.3, -0.25) is 0 Å². The third kappa shape index (κ3) is 3.58. The zero-order valence-electron chi connectivity index (χ0n) is 9.36. The van der Waals surface area contributed by atoms with E-state index in [4.69, 9.17) is 5.73 Å². The number of hydrogen-bond donors (Lipinski definition) is 1. The van der Waals surface area contributed by atoms with Gasteiger partial charge in [0.1, 0.15) is 0 Å². The van der Waals surface area contributed by atoms with Crippen LogP contribution in [-0.2, 0) is 8.10 Å². The number of benzene rings is 1. The van der Waals surface area contributed by atoms with Crippen LogP contribution in [0.3, 0.4) is 0 Å². The predicted octanol–water partition coefficient (Wildman–Crippen LogP) is 0.443. The van der Waals surface area contributed by atoms with Gasteiger partial charge < -0.3 is 0 Å². The summed E-state index contributed by atoms with van der Waals surface area (Å²) < 4.78 is 36.5. The van der Waals surface area contributed by atoms with Gasteiger partial charge in [0.2, 0.25) is 0 Å². The quantitative estimate of drug-likeness (QED) is 0.825. The minimum atomic E-state index is -3.05. The second-order valence-corrected chi connectivity index (χ2v) is 11.8. The molecule has 1 aromatic rings. The normalized spacial score (nSPS) is 14.6. The summed E-state index contributed by atoms with van der Waals surface area (Å²) in [6.45, 7) is 3.48. The Morgan fingerprint density at radius 2 is 2.00 bits per heavy atom. The van der Waals surface area contributed by atoms with Gasteiger partial charge in [0.15, 0.2) is 0 Å². The van der Waals surface area contributed by atoms with Crippen molar-refractivity contribution in [3.8, 4) is 0 Å². The van der Waals surface area contributed by atoms with Crippen molar-refractivity contribution < 1.29 is 12.8 Å². The Labute approximate surface area is 101 Å². The first-order valence-corrected chi connectivity index (χ1v) is 9.78. The van der Waals surface area contributed by atoms with Gasteiger partial charge in [-0.25, -0.2) is 0 Å². The standard InChI is InChI=1S/C10H14AsFNO2S/c1-6-4-8(7(2)13)10(12)5-9(6)11-16(3,14)15/h4-5,7H,13H2,1-3H3/t7-/m1/s1. The third-order valence-corrected chi connectivity index (χ3v) is 6.93. The molecule has 0 heterocycles. The van der Waals surface area contributed by atoms with Crippen LogP contribution in [0.5, 0.6) is 0 Å². The van der Waals surface area contributed by atoms with Crippen molar-refractivity contribution in [2.45, 2.75) is 19.9 Å². The fourth-order valence-electron chi connectivity index (χ4n) is 1.32. The Balaban J connectivity index is 3.21. The summed E-state index contributed by atoms with van der Waals surface area (Å²) in [6, 6.07) is 2.55. The predicted molar refractivity (Wildman–Crippen MR) is 64.0 cm³/mol. The Morgan fingerprint density at radius 1 is 1.44 bits per heavy atom. The van der Waals surface area contributed by atoms with Crippen molar-refractivity contribution in [3.63, 3.8) is 0 Å². The molecule has 0 bridgehead atoms. The van der Waals surface area contributed by atoms with Crippen molar-refractivity contribution in [1.82, 2.24) is 0 Å². The molecule has 1 radical (unpaired) electrons. The molecule has 2 N–H and O–H groups in total. The van der Waals surface area contributed by atoms with Gasteiger partial charge in [-0.15, -0.1) is 0 Å². The molecule has 0 amide bonds. The molecule has 6 heteroatoms.